The Kier molecular flexibility index (Phi) is 6.74. The number of aliphatic carboxylic acids is 1. The number of hydrogen-bond donors (Lipinski definition) is 2. The molecule has 1 aromatic rings. The van der Waals surface area contributed by atoms with Crippen LogP contribution in [0.2, 0.25) is 0 Å². The van der Waals surface area contributed by atoms with Crippen molar-refractivity contribution in [3.8, 4) is 0 Å². The molecule has 2 N–H and O–H groups in total. The molecule has 0 atom stereocenters. The summed E-state index contributed by atoms with van der Waals surface area (Å²) < 4.78 is 0. The Bertz CT molecular complexity index is 521. The zero-order valence-electron chi connectivity index (χ0n) is 12.1. The Labute approximate surface area is 124 Å². The van der Waals surface area contributed by atoms with Crippen LogP contribution in [0, 0.1) is 0 Å². The van der Waals surface area contributed by atoms with E-state index in [-0.39, 0.29) is 6.03 Å². The summed E-state index contributed by atoms with van der Waals surface area (Å²) >= 11 is 0. The monoisotopic (exact) mass is 288 g/mol. The van der Waals surface area contributed by atoms with Crippen LogP contribution in [0.25, 0.3) is 6.08 Å². The lowest BCUT2D eigenvalue weighted by Crippen LogP contribution is -2.35. The van der Waals surface area contributed by atoms with Gasteiger partial charge in [0.1, 0.15) is 0 Å². The van der Waals surface area contributed by atoms with Gasteiger partial charge >= 0.3 is 12.0 Å². The molecule has 0 aliphatic carbocycles. The van der Waals surface area contributed by atoms with Gasteiger partial charge in [0, 0.05) is 24.9 Å². The van der Waals surface area contributed by atoms with Gasteiger partial charge in [-0.05, 0) is 30.2 Å². The number of carboxylic acid groups (broad SMARTS) is 1. The van der Waals surface area contributed by atoms with Gasteiger partial charge in [-0.3, -0.25) is 0 Å². The van der Waals surface area contributed by atoms with E-state index in [0.29, 0.717) is 18.8 Å². The highest BCUT2D eigenvalue weighted by molar-refractivity contribution is 5.90. The number of nitrogens with zero attached hydrogens (tertiary/aromatic N) is 1. The van der Waals surface area contributed by atoms with Crippen LogP contribution in [0.4, 0.5) is 10.5 Å². The molecule has 0 aromatic heterocycles. The van der Waals surface area contributed by atoms with Crippen LogP contribution < -0.4 is 5.32 Å². The number of carbonyl (C=O) groups excluding carboxylic acids is 1. The number of carbonyl (C=O) groups is 2. The molecular weight excluding hydrogens is 268 g/mol. The Morgan fingerprint density at radius 2 is 2.00 bits per heavy atom. The maximum atomic E-state index is 12.1. The smallest absolute Gasteiger partial charge is 0.328 e. The molecular formula is C16H20N2O3. The van der Waals surface area contributed by atoms with E-state index < -0.39 is 5.97 Å². The molecule has 5 heteroatoms. The normalized spacial score (nSPS) is 10.3. The van der Waals surface area contributed by atoms with Gasteiger partial charge in [0.05, 0.1) is 0 Å². The fourth-order valence-electron chi connectivity index (χ4n) is 1.75. The lowest BCUT2D eigenvalue weighted by molar-refractivity contribution is -0.131. The van der Waals surface area contributed by atoms with E-state index in [1.54, 1.807) is 35.2 Å². The molecule has 0 heterocycles. The third kappa shape index (κ3) is 5.95. The van der Waals surface area contributed by atoms with Crippen LogP contribution in [0.15, 0.2) is 43.0 Å². The zero-order chi connectivity index (χ0) is 15.7. The van der Waals surface area contributed by atoms with Crippen molar-refractivity contribution in [2.45, 2.75) is 13.3 Å². The maximum absolute atomic E-state index is 12.1. The number of nitrogens with one attached hydrogen (secondary N) is 1. The Morgan fingerprint density at radius 3 is 2.52 bits per heavy atom. The zero-order valence-corrected chi connectivity index (χ0v) is 12.1. The van der Waals surface area contributed by atoms with Crippen LogP contribution in [0.5, 0.6) is 0 Å². The lowest BCUT2D eigenvalue weighted by Gasteiger charge is -2.20. The second-order valence-corrected chi connectivity index (χ2v) is 4.46. The largest absolute Gasteiger partial charge is 0.478 e. The number of carboxylic acids is 1. The molecule has 5 nitrogen and oxygen atoms in total. The van der Waals surface area contributed by atoms with E-state index in [9.17, 15) is 9.59 Å². The Morgan fingerprint density at radius 1 is 1.33 bits per heavy atom. The van der Waals surface area contributed by atoms with Gasteiger partial charge in [-0.15, -0.1) is 6.58 Å². The lowest BCUT2D eigenvalue weighted by atomic mass is 10.2. The number of amides is 2. The molecule has 0 unspecified atom stereocenters. The van der Waals surface area contributed by atoms with Crippen molar-refractivity contribution in [3.63, 3.8) is 0 Å². The number of anilines is 1. The number of rotatable bonds is 7. The quantitative estimate of drug-likeness (QED) is 0.598. The molecule has 0 saturated heterocycles. The third-order valence-corrected chi connectivity index (χ3v) is 2.71. The van der Waals surface area contributed by atoms with E-state index in [1.807, 2.05) is 6.92 Å². The maximum Gasteiger partial charge on any atom is 0.328 e. The number of urea groups is 1. The van der Waals surface area contributed by atoms with Gasteiger partial charge in [-0.25, -0.2) is 9.59 Å². The number of hydrogen-bond acceptors (Lipinski definition) is 2. The molecule has 0 bridgehead atoms. The van der Waals surface area contributed by atoms with Gasteiger partial charge < -0.3 is 15.3 Å². The van der Waals surface area contributed by atoms with Gasteiger partial charge in [0.2, 0.25) is 0 Å². The number of benzene rings is 1. The summed E-state index contributed by atoms with van der Waals surface area (Å²) in [7, 11) is 0. The van der Waals surface area contributed by atoms with E-state index >= 15 is 0 Å². The molecule has 1 rings (SSSR count). The SMILES string of the molecule is C=CCN(CCC)C(=O)Nc1ccc(/C=C/C(=O)O)cc1. The minimum atomic E-state index is -0.994. The predicted molar refractivity (Wildman–Crippen MR) is 84.2 cm³/mol. The molecule has 0 saturated carbocycles. The van der Waals surface area contributed by atoms with E-state index in [0.717, 1.165) is 18.1 Å². The van der Waals surface area contributed by atoms with Crippen LogP contribution in [-0.4, -0.2) is 35.1 Å². The predicted octanol–water partition coefficient (Wildman–Crippen LogP) is 3.21. The van der Waals surface area contributed by atoms with E-state index in [1.165, 1.54) is 6.08 Å². The van der Waals surface area contributed by atoms with Crippen LogP contribution in [0.1, 0.15) is 18.9 Å². The first-order valence-electron chi connectivity index (χ1n) is 6.74. The summed E-state index contributed by atoms with van der Waals surface area (Å²) in [6.07, 6.45) is 5.13. The molecule has 0 fully saturated rings. The van der Waals surface area contributed by atoms with Crippen molar-refractivity contribution < 1.29 is 14.7 Å². The highest BCUT2D eigenvalue weighted by atomic mass is 16.4. The van der Waals surface area contributed by atoms with Gasteiger partial charge in [-0.2, -0.15) is 0 Å². The second-order valence-electron chi connectivity index (χ2n) is 4.46. The van der Waals surface area contributed by atoms with Crippen molar-refractivity contribution in [1.29, 1.82) is 0 Å². The second kappa shape index (κ2) is 8.58. The fraction of sp³-hybridized carbons (Fsp3) is 0.250. The molecule has 1 aromatic carbocycles. The van der Waals surface area contributed by atoms with Crippen molar-refractivity contribution in [1.82, 2.24) is 4.90 Å². The van der Waals surface area contributed by atoms with Crippen molar-refractivity contribution in [2.75, 3.05) is 18.4 Å². The molecule has 0 aliphatic rings. The van der Waals surface area contributed by atoms with Crippen LogP contribution >= 0.6 is 0 Å². The van der Waals surface area contributed by atoms with Gasteiger partial charge in [0.15, 0.2) is 0 Å². The van der Waals surface area contributed by atoms with Crippen LogP contribution in [0.3, 0.4) is 0 Å². The van der Waals surface area contributed by atoms with E-state index in [2.05, 4.69) is 11.9 Å². The Hall–Kier alpha value is -2.56. The first kappa shape index (κ1) is 16.5. The summed E-state index contributed by atoms with van der Waals surface area (Å²) in [5.74, 6) is -0.994. The third-order valence-electron chi connectivity index (χ3n) is 2.71. The average Bonchev–Trinajstić information content (AvgIpc) is 2.46. The van der Waals surface area contributed by atoms with Crippen molar-refractivity contribution in [3.05, 3.63) is 48.6 Å². The minimum Gasteiger partial charge on any atom is -0.478 e. The van der Waals surface area contributed by atoms with E-state index in [4.69, 9.17) is 5.11 Å². The fourth-order valence-corrected chi connectivity index (χ4v) is 1.75. The molecule has 112 valence electrons. The summed E-state index contributed by atoms with van der Waals surface area (Å²) in [5, 5.41) is 11.4. The molecule has 0 aliphatic heterocycles. The molecule has 0 spiro atoms. The summed E-state index contributed by atoms with van der Waals surface area (Å²) in [5.41, 5.74) is 1.42. The summed E-state index contributed by atoms with van der Waals surface area (Å²) in [6, 6.07) is 6.78. The standard InChI is InChI=1S/C16H20N2O3/c1-3-11-18(12-4-2)16(21)17-14-8-5-13(6-9-14)7-10-15(19)20/h3,5-10H,1,4,11-12H2,2H3,(H,17,21)(H,19,20)/b10-7+. The highest BCUT2D eigenvalue weighted by Gasteiger charge is 2.10. The average molecular weight is 288 g/mol. The Balaban J connectivity index is 2.67. The van der Waals surface area contributed by atoms with Crippen molar-refractivity contribution in [2.24, 2.45) is 0 Å². The molecule has 0 radical (unpaired) electrons. The van der Waals surface area contributed by atoms with Crippen molar-refractivity contribution >= 4 is 23.8 Å². The molecule has 21 heavy (non-hydrogen) atoms. The highest BCUT2D eigenvalue weighted by Crippen LogP contribution is 2.12. The first-order chi connectivity index (χ1) is 10.1. The van der Waals surface area contributed by atoms with Gasteiger partial charge in [-0.1, -0.05) is 25.1 Å². The van der Waals surface area contributed by atoms with Crippen LogP contribution in [-0.2, 0) is 4.79 Å². The van der Waals surface area contributed by atoms with Gasteiger partial charge in [0.25, 0.3) is 0 Å². The molecule has 2 amide bonds. The summed E-state index contributed by atoms with van der Waals surface area (Å²) in [4.78, 5) is 24.2. The minimum absolute atomic E-state index is 0.175. The topological polar surface area (TPSA) is 69.6 Å². The first-order valence-corrected chi connectivity index (χ1v) is 6.74. The summed E-state index contributed by atoms with van der Waals surface area (Å²) in [6.45, 7) is 6.81.